The van der Waals surface area contributed by atoms with E-state index in [-0.39, 0.29) is 12.1 Å². The second-order valence-electron chi connectivity index (χ2n) is 3.50. The van der Waals surface area contributed by atoms with Gasteiger partial charge >= 0.3 is 12.0 Å². The van der Waals surface area contributed by atoms with Crippen molar-refractivity contribution in [3.8, 4) is 0 Å². The molecule has 14 heavy (non-hydrogen) atoms. The van der Waals surface area contributed by atoms with Crippen molar-refractivity contribution < 1.29 is 14.7 Å². The minimum Gasteiger partial charge on any atom is -0.480 e. The molecule has 1 unspecified atom stereocenters. The summed E-state index contributed by atoms with van der Waals surface area (Å²) in [5.74, 6) is -1.04. The van der Waals surface area contributed by atoms with Crippen molar-refractivity contribution >= 4 is 12.0 Å². The molecule has 0 aromatic rings. The van der Waals surface area contributed by atoms with Gasteiger partial charge in [-0.1, -0.05) is 0 Å². The SMILES string of the molecule is C[C@@H](NC(=O)N1CCC(N)C1)C(=O)O. The second-order valence-corrected chi connectivity index (χ2v) is 3.50. The number of urea groups is 1. The van der Waals surface area contributed by atoms with Gasteiger partial charge in [-0.05, 0) is 13.3 Å². The molecule has 6 nitrogen and oxygen atoms in total. The largest absolute Gasteiger partial charge is 0.480 e. The Labute approximate surface area is 82.1 Å². The van der Waals surface area contributed by atoms with E-state index in [1.165, 1.54) is 11.8 Å². The average Bonchev–Trinajstić information content (AvgIpc) is 2.51. The van der Waals surface area contributed by atoms with Crippen LogP contribution in [0.25, 0.3) is 0 Å². The molecule has 4 N–H and O–H groups in total. The number of rotatable bonds is 2. The molecule has 1 fully saturated rings. The third-order valence-electron chi connectivity index (χ3n) is 2.22. The van der Waals surface area contributed by atoms with Crippen LogP contribution in [0.1, 0.15) is 13.3 Å². The number of hydrogen-bond acceptors (Lipinski definition) is 3. The summed E-state index contributed by atoms with van der Waals surface area (Å²) in [5.41, 5.74) is 5.62. The summed E-state index contributed by atoms with van der Waals surface area (Å²) >= 11 is 0. The Morgan fingerprint density at radius 1 is 1.64 bits per heavy atom. The minimum absolute atomic E-state index is 0.0147. The van der Waals surface area contributed by atoms with Gasteiger partial charge in [0.15, 0.2) is 0 Å². The summed E-state index contributed by atoms with van der Waals surface area (Å²) < 4.78 is 0. The molecule has 2 amide bonds. The van der Waals surface area contributed by atoms with Crippen molar-refractivity contribution in [3.05, 3.63) is 0 Å². The zero-order valence-corrected chi connectivity index (χ0v) is 8.06. The summed E-state index contributed by atoms with van der Waals surface area (Å²) in [6.07, 6.45) is 0.773. The zero-order valence-electron chi connectivity index (χ0n) is 8.06. The van der Waals surface area contributed by atoms with Crippen LogP contribution in [0.15, 0.2) is 0 Å². The van der Waals surface area contributed by atoms with Gasteiger partial charge < -0.3 is 21.1 Å². The van der Waals surface area contributed by atoms with E-state index in [0.717, 1.165) is 6.42 Å². The first kappa shape index (κ1) is 10.8. The van der Waals surface area contributed by atoms with Gasteiger partial charge in [-0.3, -0.25) is 4.79 Å². The van der Waals surface area contributed by atoms with Gasteiger partial charge in [0.25, 0.3) is 0 Å². The van der Waals surface area contributed by atoms with Crippen molar-refractivity contribution in [2.45, 2.75) is 25.4 Å². The number of nitrogens with two attached hydrogens (primary N) is 1. The number of carboxylic acids is 1. The summed E-state index contributed by atoms with van der Waals surface area (Å²) in [4.78, 5) is 23.4. The van der Waals surface area contributed by atoms with Crippen molar-refractivity contribution in [3.63, 3.8) is 0 Å². The standard InChI is InChI=1S/C8H15N3O3/c1-5(7(12)13)10-8(14)11-3-2-6(9)4-11/h5-6H,2-4,9H2,1H3,(H,10,14)(H,12,13)/t5-,6?/m1/s1. The van der Waals surface area contributed by atoms with Crippen LogP contribution in [0.2, 0.25) is 0 Å². The lowest BCUT2D eigenvalue weighted by molar-refractivity contribution is -0.138. The van der Waals surface area contributed by atoms with E-state index < -0.39 is 12.0 Å². The highest BCUT2D eigenvalue weighted by molar-refractivity contribution is 5.82. The van der Waals surface area contributed by atoms with Crippen molar-refractivity contribution in [1.29, 1.82) is 0 Å². The minimum atomic E-state index is -1.04. The van der Waals surface area contributed by atoms with Crippen LogP contribution < -0.4 is 11.1 Å². The topological polar surface area (TPSA) is 95.7 Å². The molecular weight excluding hydrogens is 186 g/mol. The van der Waals surface area contributed by atoms with E-state index in [1.807, 2.05) is 0 Å². The van der Waals surface area contributed by atoms with Gasteiger partial charge in [-0.15, -0.1) is 0 Å². The Hall–Kier alpha value is -1.30. The molecule has 0 aromatic carbocycles. The van der Waals surface area contributed by atoms with Crippen molar-refractivity contribution in [2.75, 3.05) is 13.1 Å². The molecule has 1 aliphatic rings. The summed E-state index contributed by atoms with van der Waals surface area (Å²) in [7, 11) is 0. The number of likely N-dealkylation sites (tertiary alicyclic amines) is 1. The predicted octanol–water partition coefficient (Wildman–Crippen LogP) is -0.798. The predicted molar refractivity (Wildman–Crippen MR) is 49.8 cm³/mol. The van der Waals surface area contributed by atoms with E-state index >= 15 is 0 Å². The first-order valence-electron chi connectivity index (χ1n) is 4.54. The normalized spacial score (nSPS) is 23.3. The highest BCUT2D eigenvalue weighted by atomic mass is 16.4. The van der Waals surface area contributed by atoms with E-state index in [1.54, 1.807) is 0 Å². The molecule has 1 saturated heterocycles. The van der Waals surface area contributed by atoms with E-state index in [0.29, 0.717) is 13.1 Å². The first-order chi connectivity index (χ1) is 6.50. The van der Waals surface area contributed by atoms with Crippen LogP contribution in [0.5, 0.6) is 0 Å². The lowest BCUT2D eigenvalue weighted by Crippen LogP contribution is -2.46. The molecule has 2 atom stereocenters. The molecule has 6 heteroatoms. The third-order valence-corrected chi connectivity index (χ3v) is 2.22. The maximum Gasteiger partial charge on any atom is 0.325 e. The second kappa shape index (κ2) is 4.28. The fraction of sp³-hybridized carbons (Fsp3) is 0.750. The highest BCUT2D eigenvalue weighted by Crippen LogP contribution is 2.06. The molecule has 1 aliphatic heterocycles. The van der Waals surface area contributed by atoms with Crippen molar-refractivity contribution in [2.24, 2.45) is 5.73 Å². The quantitative estimate of drug-likeness (QED) is 0.545. The molecule has 1 heterocycles. The first-order valence-corrected chi connectivity index (χ1v) is 4.54. The lowest BCUT2D eigenvalue weighted by Gasteiger charge is -2.18. The Kier molecular flexibility index (Phi) is 3.29. The van der Waals surface area contributed by atoms with Gasteiger partial charge in [-0.2, -0.15) is 0 Å². The van der Waals surface area contributed by atoms with Gasteiger partial charge in [-0.25, -0.2) is 4.79 Å². The summed E-state index contributed by atoms with van der Waals surface area (Å²) in [6, 6.07) is -1.20. The smallest absolute Gasteiger partial charge is 0.325 e. The lowest BCUT2D eigenvalue weighted by atomic mass is 10.3. The molecule has 0 radical (unpaired) electrons. The molecule has 0 bridgehead atoms. The molecule has 0 aliphatic carbocycles. The van der Waals surface area contributed by atoms with Crippen molar-refractivity contribution in [1.82, 2.24) is 10.2 Å². The molecule has 1 rings (SSSR count). The van der Waals surface area contributed by atoms with E-state index in [4.69, 9.17) is 10.8 Å². The van der Waals surface area contributed by atoms with Crippen LogP contribution in [0, 0.1) is 0 Å². The van der Waals surface area contributed by atoms with Crippen LogP contribution in [-0.2, 0) is 4.79 Å². The zero-order chi connectivity index (χ0) is 10.7. The molecule has 0 aromatic heterocycles. The van der Waals surface area contributed by atoms with Gasteiger partial charge in [0.2, 0.25) is 0 Å². The maximum atomic E-state index is 11.4. The highest BCUT2D eigenvalue weighted by Gasteiger charge is 2.25. The van der Waals surface area contributed by atoms with Crippen LogP contribution in [-0.4, -0.2) is 47.2 Å². The molecule has 0 spiro atoms. The monoisotopic (exact) mass is 201 g/mol. The molecular formula is C8H15N3O3. The number of carboxylic acid groups (broad SMARTS) is 1. The number of carbonyl (C=O) groups excluding carboxylic acids is 1. The Bertz CT molecular complexity index is 244. The van der Waals surface area contributed by atoms with E-state index in [9.17, 15) is 9.59 Å². The summed E-state index contributed by atoms with van der Waals surface area (Å²) in [5, 5.41) is 10.9. The fourth-order valence-electron chi connectivity index (χ4n) is 1.31. The Morgan fingerprint density at radius 3 is 2.71 bits per heavy atom. The van der Waals surface area contributed by atoms with Crippen LogP contribution in [0.3, 0.4) is 0 Å². The number of nitrogens with one attached hydrogen (secondary N) is 1. The van der Waals surface area contributed by atoms with Gasteiger partial charge in [0, 0.05) is 19.1 Å². The van der Waals surface area contributed by atoms with Gasteiger partial charge in [0.1, 0.15) is 6.04 Å². The molecule has 80 valence electrons. The average molecular weight is 201 g/mol. The molecule has 0 saturated carbocycles. The number of hydrogen-bond donors (Lipinski definition) is 3. The number of aliphatic carboxylic acids is 1. The number of carbonyl (C=O) groups is 2. The number of nitrogens with zero attached hydrogens (tertiary/aromatic N) is 1. The van der Waals surface area contributed by atoms with Gasteiger partial charge in [0.05, 0.1) is 0 Å². The number of amides is 2. The van der Waals surface area contributed by atoms with E-state index in [2.05, 4.69) is 5.32 Å². The third kappa shape index (κ3) is 2.59. The summed E-state index contributed by atoms with van der Waals surface area (Å²) in [6.45, 7) is 2.52. The van der Waals surface area contributed by atoms with Crippen LogP contribution in [0.4, 0.5) is 4.79 Å². The van der Waals surface area contributed by atoms with Crippen LogP contribution >= 0.6 is 0 Å². The Morgan fingerprint density at radius 2 is 2.29 bits per heavy atom. The maximum absolute atomic E-state index is 11.4. The fourth-order valence-corrected chi connectivity index (χ4v) is 1.31. The Balaban J connectivity index is 2.39.